The molecular weight excluding hydrogens is 366 g/mol. The average molecular weight is 394 g/mol. The standard InChI is InChI=1S/C27H27N3/c1-16-5-4-6-17(2)26(16)30-25-14-23-20-11-9-19(10-12-20)22(23)13-24(25)29-27(30)21-8-7-18(3)28-15-21/h4-8,13-15,19-20H,9-12H2,1-3H3. The average Bonchev–Trinajstić information content (AvgIpc) is 3.12. The molecule has 1 saturated carbocycles. The first-order valence-corrected chi connectivity index (χ1v) is 11.2. The van der Waals surface area contributed by atoms with Gasteiger partial charge < -0.3 is 0 Å². The van der Waals surface area contributed by atoms with Gasteiger partial charge in [-0.15, -0.1) is 0 Å². The molecule has 30 heavy (non-hydrogen) atoms. The van der Waals surface area contributed by atoms with Gasteiger partial charge in [-0.05, 0) is 105 Å². The van der Waals surface area contributed by atoms with Crippen molar-refractivity contribution in [3.63, 3.8) is 0 Å². The largest absolute Gasteiger partial charge is 0.292 e. The highest BCUT2D eigenvalue weighted by molar-refractivity contribution is 5.86. The molecule has 2 heterocycles. The van der Waals surface area contributed by atoms with Crippen LogP contribution >= 0.6 is 0 Å². The highest BCUT2D eigenvalue weighted by Crippen LogP contribution is 2.50. The lowest BCUT2D eigenvalue weighted by molar-refractivity contribution is 0.359. The number of aromatic nitrogens is 3. The Bertz CT molecular complexity index is 1250. The van der Waals surface area contributed by atoms with E-state index in [0.29, 0.717) is 0 Å². The Labute approximate surface area is 177 Å². The van der Waals surface area contributed by atoms with Gasteiger partial charge in [-0.1, -0.05) is 18.2 Å². The summed E-state index contributed by atoms with van der Waals surface area (Å²) < 4.78 is 2.38. The van der Waals surface area contributed by atoms with Crippen LogP contribution in [0.3, 0.4) is 0 Å². The van der Waals surface area contributed by atoms with Crippen LogP contribution in [0.25, 0.3) is 28.1 Å². The van der Waals surface area contributed by atoms with Crippen LogP contribution in [0.4, 0.5) is 0 Å². The van der Waals surface area contributed by atoms with Crippen molar-refractivity contribution in [3.05, 3.63) is 76.6 Å². The zero-order chi connectivity index (χ0) is 20.4. The Morgan fingerprint density at radius 2 is 1.50 bits per heavy atom. The molecule has 1 fully saturated rings. The van der Waals surface area contributed by atoms with Gasteiger partial charge in [0.05, 0.1) is 16.7 Å². The van der Waals surface area contributed by atoms with Crippen molar-refractivity contribution in [1.82, 2.24) is 14.5 Å². The molecule has 0 N–H and O–H groups in total. The Hall–Kier alpha value is -2.94. The predicted octanol–water partition coefficient (Wildman–Crippen LogP) is 6.77. The lowest BCUT2D eigenvalue weighted by atomic mass is 9.67. The molecule has 2 aromatic heterocycles. The summed E-state index contributed by atoms with van der Waals surface area (Å²) in [5, 5.41) is 0. The van der Waals surface area contributed by atoms with Crippen molar-refractivity contribution < 1.29 is 0 Å². The van der Waals surface area contributed by atoms with Gasteiger partial charge in [-0.3, -0.25) is 9.55 Å². The lowest BCUT2D eigenvalue weighted by Crippen LogP contribution is -2.21. The van der Waals surface area contributed by atoms with E-state index in [0.717, 1.165) is 34.4 Å². The van der Waals surface area contributed by atoms with Crippen molar-refractivity contribution >= 4 is 11.0 Å². The molecule has 0 unspecified atom stereocenters. The summed E-state index contributed by atoms with van der Waals surface area (Å²) in [6.45, 7) is 6.43. The third-order valence-corrected chi connectivity index (χ3v) is 7.30. The van der Waals surface area contributed by atoms with Crippen molar-refractivity contribution in [1.29, 1.82) is 0 Å². The predicted molar refractivity (Wildman–Crippen MR) is 122 cm³/mol. The Morgan fingerprint density at radius 1 is 0.833 bits per heavy atom. The SMILES string of the molecule is Cc1ccc(-c2nc3cc4c(cc3n2-c2c(C)cccc2C)C2CCC4CC2)cn1. The molecule has 3 aliphatic carbocycles. The van der Waals surface area contributed by atoms with E-state index < -0.39 is 0 Å². The van der Waals surface area contributed by atoms with Crippen LogP contribution < -0.4 is 0 Å². The molecule has 3 aliphatic rings. The lowest BCUT2D eigenvalue weighted by Gasteiger charge is -2.38. The van der Waals surface area contributed by atoms with Crippen LogP contribution in [-0.4, -0.2) is 14.5 Å². The molecule has 7 rings (SSSR count). The van der Waals surface area contributed by atoms with E-state index >= 15 is 0 Å². The molecular formula is C27H27N3. The van der Waals surface area contributed by atoms with Crippen LogP contribution in [0, 0.1) is 20.8 Å². The number of pyridine rings is 1. The van der Waals surface area contributed by atoms with Gasteiger partial charge >= 0.3 is 0 Å². The molecule has 0 spiro atoms. The normalized spacial score (nSPS) is 20.0. The van der Waals surface area contributed by atoms with Gasteiger partial charge in [0.25, 0.3) is 0 Å². The highest BCUT2D eigenvalue weighted by atomic mass is 15.1. The third-order valence-electron chi connectivity index (χ3n) is 7.30. The van der Waals surface area contributed by atoms with Gasteiger partial charge in [0.2, 0.25) is 0 Å². The van der Waals surface area contributed by atoms with E-state index in [4.69, 9.17) is 4.98 Å². The Kier molecular flexibility index (Phi) is 3.89. The van der Waals surface area contributed by atoms with Crippen LogP contribution in [0.1, 0.15) is 65.5 Å². The van der Waals surface area contributed by atoms with E-state index in [9.17, 15) is 0 Å². The molecule has 0 saturated heterocycles. The molecule has 3 heteroatoms. The second kappa shape index (κ2) is 6.53. The van der Waals surface area contributed by atoms with Gasteiger partial charge in [0, 0.05) is 17.5 Å². The van der Waals surface area contributed by atoms with Gasteiger partial charge in [-0.25, -0.2) is 4.98 Å². The zero-order valence-electron chi connectivity index (χ0n) is 17.9. The number of fused-ring (bicyclic) bond motifs is 3. The summed E-state index contributed by atoms with van der Waals surface area (Å²) in [5.41, 5.74) is 11.4. The van der Waals surface area contributed by atoms with Crippen LogP contribution in [-0.2, 0) is 0 Å². The van der Waals surface area contributed by atoms with E-state index in [-0.39, 0.29) is 0 Å². The quantitative estimate of drug-likeness (QED) is 0.376. The number of benzene rings is 2. The molecule has 0 amide bonds. The summed E-state index contributed by atoms with van der Waals surface area (Å²) in [5.74, 6) is 2.44. The Morgan fingerprint density at radius 3 is 2.13 bits per heavy atom. The maximum atomic E-state index is 5.19. The molecule has 2 aromatic carbocycles. The number of imidazole rings is 1. The highest BCUT2D eigenvalue weighted by Gasteiger charge is 2.34. The van der Waals surface area contributed by atoms with Gasteiger partial charge in [0.1, 0.15) is 5.82 Å². The molecule has 0 radical (unpaired) electrons. The Balaban J connectivity index is 1.69. The molecule has 150 valence electrons. The zero-order valence-corrected chi connectivity index (χ0v) is 17.9. The molecule has 4 aromatic rings. The fourth-order valence-electron chi connectivity index (χ4n) is 5.76. The second-order valence-corrected chi connectivity index (χ2v) is 9.22. The first-order valence-electron chi connectivity index (χ1n) is 11.2. The van der Waals surface area contributed by atoms with E-state index in [2.05, 4.69) is 65.9 Å². The molecule has 0 aliphatic heterocycles. The van der Waals surface area contributed by atoms with Crippen molar-refractivity contribution in [3.8, 4) is 17.1 Å². The van der Waals surface area contributed by atoms with Crippen molar-refractivity contribution in [2.45, 2.75) is 58.3 Å². The summed E-state index contributed by atoms with van der Waals surface area (Å²) in [7, 11) is 0. The van der Waals surface area contributed by atoms with Crippen LogP contribution in [0.5, 0.6) is 0 Å². The maximum Gasteiger partial charge on any atom is 0.147 e. The fraction of sp³-hybridized carbons (Fsp3) is 0.333. The minimum Gasteiger partial charge on any atom is -0.292 e. The van der Waals surface area contributed by atoms with Crippen molar-refractivity contribution in [2.75, 3.05) is 0 Å². The van der Waals surface area contributed by atoms with Crippen LogP contribution in [0.15, 0.2) is 48.7 Å². The minimum absolute atomic E-state index is 0.722. The first kappa shape index (κ1) is 17.9. The number of aryl methyl sites for hydroxylation is 3. The third kappa shape index (κ3) is 2.57. The number of hydrogen-bond acceptors (Lipinski definition) is 2. The smallest absolute Gasteiger partial charge is 0.147 e. The molecule has 0 atom stereocenters. The fourth-order valence-corrected chi connectivity index (χ4v) is 5.76. The number of nitrogens with zero attached hydrogens (tertiary/aromatic N) is 3. The van der Waals surface area contributed by atoms with Crippen molar-refractivity contribution in [2.24, 2.45) is 0 Å². The monoisotopic (exact) mass is 393 g/mol. The second-order valence-electron chi connectivity index (χ2n) is 9.22. The maximum absolute atomic E-state index is 5.19. The first-order chi connectivity index (χ1) is 14.6. The summed E-state index contributed by atoms with van der Waals surface area (Å²) in [6.07, 6.45) is 7.33. The summed E-state index contributed by atoms with van der Waals surface area (Å²) >= 11 is 0. The minimum atomic E-state index is 0.722. The van der Waals surface area contributed by atoms with E-state index in [1.807, 2.05) is 13.1 Å². The number of para-hydroxylation sites is 1. The number of hydrogen-bond donors (Lipinski definition) is 0. The summed E-state index contributed by atoms with van der Waals surface area (Å²) in [4.78, 5) is 9.75. The summed E-state index contributed by atoms with van der Waals surface area (Å²) in [6, 6.07) is 15.6. The van der Waals surface area contributed by atoms with Gasteiger partial charge in [-0.2, -0.15) is 0 Å². The molecule has 2 bridgehead atoms. The van der Waals surface area contributed by atoms with E-state index in [1.54, 1.807) is 11.1 Å². The topological polar surface area (TPSA) is 30.7 Å². The van der Waals surface area contributed by atoms with E-state index in [1.165, 1.54) is 48.0 Å². The number of rotatable bonds is 2. The molecule has 3 nitrogen and oxygen atoms in total. The van der Waals surface area contributed by atoms with Crippen LogP contribution in [0.2, 0.25) is 0 Å². The van der Waals surface area contributed by atoms with Gasteiger partial charge in [0.15, 0.2) is 0 Å².